The molecule has 100 valence electrons. The first kappa shape index (κ1) is 14.4. The number of nitrogens with zero attached hydrogens (tertiary/aromatic N) is 1. The molecule has 0 aliphatic carbocycles. The van der Waals surface area contributed by atoms with Gasteiger partial charge in [0.2, 0.25) is 0 Å². The van der Waals surface area contributed by atoms with E-state index in [0.29, 0.717) is 12.2 Å². The number of non-ortho nitro benzene ring substituents is 1. The van der Waals surface area contributed by atoms with Crippen LogP contribution in [0.15, 0.2) is 18.2 Å². The van der Waals surface area contributed by atoms with Gasteiger partial charge in [0.1, 0.15) is 0 Å². The normalized spacial score (nSPS) is 11.2. The lowest BCUT2D eigenvalue weighted by Gasteiger charge is -2.09. The number of aryl methyl sites for hydroxylation is 1. The average molecular weight is 272 g/mol. The van der Waals surface area contributed by atoms with Gasteiger partial charge < -0.3 is 5.32 Å². The van der Waals surface area contributed by atoms with Crippen molar-refractivity contribution in [2.75, 3.05) is 23.4 Å². The van der Waals surface area contributed by atoms with Gasteiger partial charge in [-0.2, -0.15) is 0 Å². The number of rotatable bonds is 6. The van der Waals surface area contributed by atoms with Crippen LogP contribution in [0.25, 0.3) is 0 Å². The van der Waals surface area contributed by atoms with E-state index in [-0.39, 0.29) is 17.2 Å². The van der Waals surface area contributed by atoms with Crippen LogP contribution in [0.2, 0.25) is 0 Å². The second-order valence-corrected chi connectivity index (χ2v) is 6.39. The Morgan fingerprint density at radius 3 is 2.56 bits per heavy atom. The number of nitro groups is 1. The van der Waals surface area contributed by atoms with Gasteiger partial charge in [0.15, 0.2) is 9.84 Å². The van der Waals surface area contributed by atoms with E-state index in [0.717, 1.165) is 5.56 Å². The Labute approximate surface area is 106 Å². The Hall–Kier alpha value is -1.63. The molecule has 0 radical (unpaired) electrons. The SMILES string of the molecule is CCS(=O)(=O)CCNc1ccc([N+](=O)[O-])cc1C. The molecule has 0 aromatic heterocycles. The van der Waals surface area contributed by atoms with E-state index in [9.17, 15) is 18.5 Å². The lowest BCUT2D eigenvalue weighted by Crippen LogP contribution is -2.17. The molecule has 1 aromatic rings. The largest absolute Gasteiger partial charge is 0.384 e. The molecule has 1 N–H and O–H groups in total. The Bertz CT molecular complexity index is 540. The first-order valence-corrected chi connectivity index (χ1v) is 7.37. The fourth-order valence-corrected chi connectivity index (χ4v) is 2.15. The Morgan fingerprint density at radius 1 is 1.39 bits per heavy atom. The van der Waals surface area contributed by atoms with Crippen molar-refractivity contribution in [3.05, 3.63) is 33.9 Å². The summed E-state index contributed by atoms with van der Waals surface area (Å²) < 4.78 is 22.6. The molecule has 0 saturated heterocycles. The molecule has 0 saturated carbocycles. The molecule has 1 aromatic carbocycles. The molecule has 0 amide bonds. The van der Waals surface area contributed by atoms with Crippen LogP contribution in [0.5, 0.6) is 0 Å². The predicted molar refractivity (Wildman–Crippen MR) is 70.7 cm³/mol. The van der Waals surface area contributed by atoms with Crippen LogP contribution >= 0.6 is 0 Å². The fraction of sp³-hybridized carbons (Fsp3) is 0.455. The number of nitro benzene ring substituents is 1. The van der Waals surface area contributed by atoms with E-state index in [1.54, 1.807) is 19.9 Å². The molecule has 1 rings (SSSR count). The van der Waals surface area contributed by atoms with E-state index in [4.69, 9.17) is 0 Å². The monoisotopic (exact) mass is 272 g/mol. The summed E-state index contributed by atoms with van der Waals surface area (Å²) >= 11 is 0. The zero-order chi connectivity index (χ0) is 13.8. The van der Waals surface area contributed by atoms with Crippen LogP contribution in [-0.2, 0) is 9.84 Å². The summed E-state index contributed by atoms with van der Waals surface area (Å²) in [7, 11) is -2.99. The average Bonchev–Trinajstić information content (AvgIpc) is 2.31. The van der Waals surface area contributed by atoms with E-state index in [2.05, 4.69) is 5.32 Å². The van der Waals surface area contributed by atoms with Crippen LogP contribution in [0.1, 0.15) is 12.5 Å². The number of sulfone groups is 1. The Morgan fingerprint density at radius 2 is 2.06 bits per heavy atom. The van der Waals surface area contributed by atoms with E-state index in [1.165, 1.54) is 12.1 Å². The predicted octanol–water partition coefficient (Wildman–Crippen LogP) is 1.75. The first-order chi connectivity index (χ1) is 8.35. The third kappa shape index (κ3) is 3.99. The van der Waals surface area contributed by atoms with Gasteiger partial charge in [-0.05, 0) is 18.6 Å². The molecule has 0 fully saturated rings. The third-order valence-electron chi connectivity index (χ3n) is 2.59. The molecule has 0 aliphatic heterocycles. The maximum absolute atomic E-state index is 11.3. The smallest absolute Gasteiger partial charge is 0.269 e. The Kier molecular flexibility index (Phi) is 4.66. The van der Waals surface area contributed by atoms with Crippen LogP contribution in [-0.4, -0.2) is 31.4 Å². The minimum absolute atomic E-state index is 0.0271. The van der Waals surface area contributed by atoms with Crippen LogP contribution < -0.4 is 5.32 Å². The van der Waals surface area contributed by atoms with Crippen LogP contribution in [0.3, 0.4) is 0 Å². The summed E-state index contributed by atoms with van der Waals surface area (Å²) in [5.74, 6) is 0.174. The molecular weight excluding hydrogens is 256 g/mol. The highest BCUT2D eigenvalue weighted by Gasteiger charge is 2.09. The first-order valence-electron chi connectivity index (χ1n) is 5.55. The van der Waals surface area contributed by atoms with E-state index in [1.807, 2.05) is 0 Å². The summed E-state index contributed by atoms with van der Waals surface area (Å²) in [6.45, 7) is 3.64. The molecule has 0 heterocycles. The maximum atomic E-state index is 11.3. The summed E-state index contributed by atoms with van der Waals surface area (Å²) in [5, 5.41) is 13.5. The van der Waals surface area contributed by atoms with Gasteiger partial charge in [-0.1, -0.05) is 6.92 Å². The van der Waals surface area contributed by atoms with Crippen molar-refractivity contribution in [1.82, 2.24) is 0 Å². The highest BCUT2D eigenvalue weighted by atomic mass is 32.2. The molecule has 18 heavy (non-hydrogen) atoms. The quantitative estimate of drug-likeness (QED) is 0.629. The minimum atomic E-state index is -2.99. The summed E-state index contributed by atoms with van der Waals surface area (Å²) in [4.78, 5) is 10.1. The third-order valence-corrected chi connectivity index (χ3v) is 4.29. The highest BCUT2D eigenvalue weighted by molar-refractivity contribution is 7.91. The van der Waals surface area contributed by atoms with Crippen molar-refractivity contribution < 1.29 is 13.3 Å². The zero-order valence-corrected chi connectivity index (χ0v) is 11.2. The van der Waals surface area contributed by atoms with Crippen molar-refractivity contribution in [2.45, 2.75) is 13.8 Å². The van der Waals surface area contributed by atoms with Gasteiger partial charge in [0, 0.05) is 30.1 Å². The summed E-state index contributed by atoms with van der Waals surface area (Å²) in [6.07, 6.45) is 0. The maximum Gasteiger partial charge on any atom is 0.269 e. The lowest BCUT2D eigenvalue weighted by atomic mass is 10.2. The summed E-state index contributed by atoms with van der Waals surface area (Å²) in [5.41, 5.74) is 1.46. The fourth-order valence-electron chi connectivity index (χ4n) is 1.45. The van der Waals surface area contributed by atoms with Crippen molar-refractivity contribution in [3.63, 3.8) is 0 Å². The highest BCUT2D eigenvalue weighted by Crippen LogP contribution is 2.20. The zero-order valence-electron chi connectivity index (χ0n) is 10.3. The van der Waals surface area contributed by atoms with E-state index < -0.39 is 14.8 Å². The second-order valence-electron chi connectivity index (χ2n) is 3.92. The van der Waals surface area contributed by atoms with Gasteiger partial charge in [0.05, 0.1) is 10.7 Å². The number of benzene rings is 1. The molecule has 7 heteroatoms. The van der Waals surface area contributed by atoms with Crippen LogP contribution in [0.4, 0.5) is 11.4 Å². The number of anilines is 1. The topological polar surface area (TPSA) is 89.3 Å². The van der Waals surface area contributed by atoms with Crippen molar-refractivity contribution in [2.24, 2.45) is 0 Å². The van der Waals surface area contributed by atoms with Gasteiger partial charge in [-0.3, -0.25) is 10.1 Å². The number of hydrogen-bond acceptors (Lipinski definition) is 5. The van der Waals surface area contributed by atoms with Crippen molar-refractivity contribution in [3.8, 4) is 0 Å². The summed E-state index contributed by atoms with van der Waals surface area (Å²) in [6, 6.07) is 4.44. The van der Waals surface area contributed by atoms with Crippen molar-refractivity contribution in [1.29, 1.82) is 0 Å². The molecular formula is C11H16N2O4S. The minimum Gasteiger partial charge on any atom is -0.384 e. The Balaban J connectivity index is 2.67. The van der Waals surface area contributed by atoms with Gasteiger partial charge in [-0.15, -0.1) is 0 Å². The van der Waals surface area contributed by atoms with Gasteiger partial charge >= 0.3 is 0 Å². The molecule has 0 spiro atoms. The van der Waals surface area contributed by atoms with Crippen LogP contribution in [0, 0.1) is 17.0 Å². The molecule has 6 nitrogen and oxygen atoms in total. The molecule has 0 aliphatic rings. The lowest BCUT2D eigenvalue weighted by molar-refractivity contribution is -0.384. The second kappa shape index (κ2) is 5.81. The number of nitrogens with one attached hydrogen (secondary N) is 1. The van der Waals surface area contributed by atoms with E-state index >= 15 is 0 Å². The van der Waals surface area contributed by atoms with Crippen molar-refractivity contribution >= 4 is 21.2 Å². The molecule has 0 bridgehead atoms. The van der Waals surface area contributed by atoms with Gasteiger partial charge in [0.25, 0.3) is 5.69 Å². The molecule has 0 atom stereocenters. The van der Waals surface area contributed by atoms with Gasteiger partial charge in [-0.25, -0.2) is 8.42 Å². The number of hydrogen-bond donors (Lipinski definition) is 1. The molecule has 0 unspecified atom stereocenters. The standard InChI is InChI=1S/C11H16N2O4S/c1-3-18(16,17)7-6-12-11-5-4-10(13(14)15)8-9(11)2/h4-5,8,12H,3,6-7H2,1-2H3.